The maximum Gasteiger partial charge on any atom is 0.221 e. The molecule has 5 nitrogen and oxygen atoms in total. The summed E-state index contributed by atoms with van der Waals surface area (Å²) >= 11 is 0. The van der Waals surface area contributed by atoms with Gasteiger partial charge >= 0.3 is 0 Å². The molecular weight excluding hydrogens is 276 g/mol. The number of carbonyl (C=O) groups excluding carboxylic acids is 1. The lowest BCUT2D eigenvalue weighted by molar-refractivity contribution is -0.114. The van der Waals surface area contributed by atoms with E-state index in [2.05, 4.69) is 10.2 Å². The van der Waals surface area contributed by atoms with Crippen molar-refractivity contribution in [3.63, 3.8) is 0 Å². The van der Waals surface area contributed by atoms with Gasteiger partial charge in [0.15, 0.2) is 9.84 Å². The molecule has 1 aromatic carbocycles. The first-order valence-electron chi connectivity index (χ1n) is 6.63. The Morgan fingerprint density at radius 2 is 2.00 bits per heavy atom. The molecule has 1 atom stereocenters. The number of nitrogens with one attached hydrogen (secondary N) is 1. The lowest BCUT2D eigenvalue weighted by Gasteiger charge is -2.23. The van der Waals surface area contributed by atoms with Crippen LogP contribution in [0.1, 0.15) is 18.9 Å². The Bertz CT molecular complexity index is 581. The molecule has 1 aliphatic rings. The second kappa shape index (κ2) is 5.93. The third kappa shape index (κ3) is 4.05. The van der Waals surface area contributed by atoms with Crippen molar-refractivity contribution in [2.75, 3.05) is 23.9 Å². The lowest BCUT2D eigenvalue weighted by Crippen LogP contribution is -2.32. The second-order valence-corrected chi connectivity index (χ2v) is 7.58. The van der Waals surface area contributed by atoms with Crippen molar-refractivity contribution in [2.24, 2.45) is 0 Å². The summed E-state index contributed by atoms with van der Waals surface area (Å²) in [6, 6.07) is 7.72. The summed E-state index contributed by atoms with van der Waals surface area (Å²) in [4.78, 5) is 13.0. The molecule has 2 rings (SSSR count). The maximum absolute atomic E-state index is 11.5. The van der Waals surface area contributed by atoms with Crippen LogP contribution in [-0.2, 0) is 21.2 Å². The van der Waals surface area contributed by atoms with E-state index in [0.29, 0.717) is 18.7 Å². The predicted molar refractivity (Wildman–Crippen MR) is 79.3 cm³/mol. The lowest BCUT2D eigenvalue weighted by atomic mass is 10.1. The number of anilines is 1. The number of hydrogen-bond acceptors (Lipinski definition) is 4. The van der Waals surface area contributed by atoms with E-state index in [9.17, 15) is 13.2 Å². The molecule has 0 spiro atoms. The van der Waals surface area contributed by atoms with Crippen molar-refractivity contribution in [3.05, 3.63) is 29.8 Å². The first-order valence-corrected chi connectivity index (χ1v) is 8.45. The second-order valence-electron chi connectivity index (χ2n) is 5.35. The minimum atomic E-state index is -2.84. The quantitative estimate of drug-likeness (QED) is 0.908. The first kappa shape index (κ1) is 15.0. The molecule has 0 aromatic heterocycles. The van der Waals surface area contributed by atoms with Crippen LogP contribution in [0.15, 0.2) is 24.3 Å². The Kier molecular flexibility index (Phi) is 4.45. The number of amides is 1. The Balaban J connectivity index is 1.94. The summed E-state index contributed by atoms with van der Waals surface area (Å²) in [5.41, 5.74) is 1.87. The smallest absolute Gasteiger partial charge is 0.221 e. The molecule has 0 aliphatic carbocycles. The molecule has 1 heterocycles. The SMILES string of the molecule is CC(=O)Nc1ccc(CN(C)[C@@H]2CCS(=O)(=O)C2)cc1. The van der Waals surface area contributed by atoms with Crippen molar-refractivity contribution in [1.29, 1.82) is 0 Å². The number of sulfone groups is 1. The van der Waals surface area contributed by atoms with Crippen molar-refractivity contribution in [2.45, 2.75) is 25.9 Å². The highest BCUT2D eigenvalue weighted by Gasteiger charge is 2.30. The van der Waals surface area contributed by atoms with Crippen LogP contribution < -0.4 is 5.32 Å². The zero-order valence-corrected chi connectivity index (χ0v) is 12.6. The van der Waals surface area contributed by atoms with Crippen LogP contribution in [0, 0.1) is 0 Å². The van der Waals surface area contributed by atoms with Gasteiger partial charge < -0.3 is 5.32 Å². The van der Waals surface area contributed by atoms with Crippen LogP contribution in [-0.4, -0.2) is 43.8 Å². The van der Waals surface area contributed by atoms with Gasteiger partial charge in [0.05, 0.1) is 11.5 Å². The van der Waals surface area contributed by atoms with Crippen LogP contribution in [0.3, 0.4) is 0 Å². The van der Waals surface area contributed by atoms with Crippen molar-refractivity contribution >= 4 is 21.4 Å². The minimum Gasteiger partial charge on any atom is -0.326 e. The number of hydrogen-bond donors (Lipinski definition) is 1. The summed E-state index contributed by atoms with van der Waals surface area (Å²) in [5.74, 6) is 0.461. The zero-order valence-electron chi connectivity index (χ0n) is 11.8. The third-order valence-corrected chi connectivity index (χ3v) is 5.29. The van der Waals surface area contributed by atoms with Crippen LogP contribution >= 0.6 is 0 Å². The van der Waals surface area contributed by atoms with E-state index in [1.165, 1.54) is 6.92 Å². The first-order chi connectivity index (χ1) is 9.35. The number of nitrogens with zero attached hydrogens (tertiary/aromatic N) is 1. The normalized spacial score (nSPS) is 21.1. The number of rotatable bonds is 4. The van der Waals surface area contributed by atoms with E-state index in [4.69, 9.17) is 0 Å². The topological polar surface area (TPSA) is 66.5 Å². The molecule has 110 valence electrons. The van der Waals surface area contributed by atoms with Crippen LogP contribution in [0.25, 0.3) is 0 Å². The summed E-state index contributed by atoms with van der Waals surface area (Å²) in [5, 5.41) is 2.72. The van der Waals surface area contributed by atoms with E-state index in [1.807, 2.05) is 31.3 Å². The minimum absolute atomic E-state index is 0.0916. The molecule has 0 unspecified atom stereocenters. The van der Waals surface area contributed by atoms with Gasteiger partial charge in [0, 0.05) is 25.2 Å². The van der Waals surface area contributed by atoms with Gasteiger partial charge in [-0.15, -0.1) is 0 Å². The van der Waals surface area contributed by atoms with E-state index >= 15 is 0 Å². The Labute approximate surface area is 119 Å². The van der Waals surface area contributed by atoms with E-state index in [1.54, 1.807) is 0 Å². The van der Waals surface area contributed by atoms with Gasteiger partial charge in [-0.3, -0.25) is 9.69 Å². The van der Waals surface area contributed by atoms with Gasteiger partial charge in [-0.2, -0.15) is 0 Å². The van der Waals surface area contributed by atoms with Gasteiger partial charge in [-0.1, -0.05) is 12.1 Å². The molecular formula is C14H20N2O3S. The highest BCUT2D eigenvalue weighted by Crippen LogP contribution is 2.19. The molecule has 0 radical (unpaired) electrons. The number of benzene rings is 1. The highest BCUT2D eigenvalue weighted by molar-refractivity contribution is 7.91. The molecule has 1 fully saturated rings. The fraction of sp³-hybridized carbons (Fsp3) is 0.500. The predicted octanol–water partition coefficient (Wildman–Crippen LogP) is 1.26. The van der Waals surface area contributed by atoms with Gasteiger partial charge in [0.1, 0.15) is 0 Å². The summed E-state index contributed by atoms with van der Waals surface area (Å²) < 4.78 is 23.0. The summed E-state index contributed by atoms with van der Waals surface area (Å²) in [6.45, 7) is 2.18. The largest absolute Gasteiger partial charge is 0.326 e. The fourth-order valence-electron chi connectivity index (χ4n) is 2.44. The monoisotopic (exact) mass is 296 g/mol. The van der Waals surface area contributed by atoms with Crippen molar-refractivity contribution < 1.29 is 13.2 Å². The summed E-state index contributed by atoms with van der Waals surface area (Å²) in [6.07, 6.45) is 0.711. The average Bonchev–Trinajstić information content (AvgIpc) is 2.72. The molecule has 1 saturated heterocycles. The molecule has 1 aromatic rings. The number of carbonyl (C=O) groups is 1. The van der Waals surface area contributed by atoms with Gasteiger partial charge in [0.2, 0.25) is 5.91 Å². The maximum atomic E-state index is 11.5. The third-order valence-electron chi connectivity index (χ3n) is 3.54. The molecule has 1 aliphatic heterocycles. The Hall–Kier alpha value is -1.40. The van der Waals surface area contributed by atoms with Crippen LogP contribution in [0.2, 0.25) is 0 Å². The standard InChI is InChI=1S/C14H20N2O3S/c1-11(17)15-13-5-3-12(4-6-13)9-16(2)14-7-8-20(18,19)10-14/h3-6,14H,7-10H2,1-2H3,(H,15,17)/t14-/m1/s1. The van der Waals surface area contributed by atoms with Gasteiger partial charge in [0.25, 0.3) is 0 Å². The van der Waals surface area contributed by atoms with Gasteiger partial charge in [-0.05, 0) is 31.2 Å². The summed E-state index contributed by atoms with van der Waals surface area (Å²) in [7, 11) is -0.890. The Morgan fingerprint density at radius 3 is 2.50 bits per heavy atom. The Morgan fingerprint density at radius 1 is 1.35 bits per heavy atom. The van der Waals surface area contributed by atoms with E-state index in [-0.39, 0.29) is 17.7 Å². The fourth-order valence-corrected chi connectivity index (χ4v) is 4.24. The van der Waals surface area contributed by atoms with E-state index < -0.39 is 9.84 Å². The van der Waals surface area contributed by atoms with Crippen LogP contribution in [0.4, 0.5) is 5.69 Å². The molecule has 0 saturated carbocycles. The molecule has 1 amide bonds. The van der Waals surface area contributed by atoms with E-state index in [0.717, 1.165) is 11.3 Å². The average molecular weight is 296 g/mol. The van der Waals surface area contributed by atoms with Crippen molar-refractivity contribution in [3.8, 4) is 0 Å². The van der Waals surface area contributed by atoms with Crippen LogP contribution in [0.5, 0.6) is 0 Å². The highest BCUT2D eigenvalue weighted by atomic mass is 32.2. The molecule has 6 heteroatoms. The zero-order chi connectivity index (χ0) is 14.8. The molecule has 0 bridgehead atoms. The molecule has 1 N–H and O–H groups in total. The van der Waals surface area contributed by atoms with Crippen molar-refractivity contribution in [1.82, 2.24) is 4.90 Å². The molecule has 20 heavy (non-hydrogen) atoms. The van der Waals surface area contributed by atoms with Gasteiger partial charge in [-0.25, -0.2) is 8.42 Å².